The Hall–Kier alpha value is -2.78. The molecule has 0 aliphatic carbocycles. The van der Waals surface area contributed by atoms with E-state index in [9.17, 15) is 4.79 Å². The van der Waals surface area contributed by atoms with Crippen molar-refractivity contribution in [1.29, 1.82) is 0 Å². The Labute approximate surface area is 196 Å². The minimum Gasteiger partial charge on any atom is -0.494 e. The highest BCUT2D eigenvalue weighted by molar-refractivity contribution is 6.31. The van der Waals surface area contributed by atoms with E-state index in [4.69, 9.17) is 21.1 Å². The SMILES string of the molecule is O=C(CCCCc1cc(OCCCCc2ccccc2)ccc1Cl)OCc1ccccc1. The zero-order valence-corrected chi connectivity index (χ0v) is 19.2. The second-order valence-corrected chi connectivity index (χ2v) is 8.30. The van der Waals surface area contributed by atoms with Crippen LogP contribution in [0, 0.1) is 0 Å². The van der Waals surface area contributed by atoms with Crippen molar-refractivity contribution < 1.29 is 14.3 Å². The fourth-order valence-corrected chi connectivity index (χ4v) is 3.71. The van der Waals surface area contributed by atoms with Gasteiger partial charge in [-0.2, -0.15) is 0 Å². The van der Waals surface area contributed by atoms with E-state index in [1.807, 2.05) is 54.6 Å². The topological polar surface area (TPSA) is 35.5 Å². The van der Waals surface area contributed by atoms with Crippen molar-refractivity contribution in [2.75, 3.05) is 6.61 Å². The van der Waals surface area contributed by atoms with E-state index in [-0.39, 0.29) is 5.97 Å². The number of hydrogen-bond donors (Lipinski definition) is 0. The van der Waals surface area contributed by atoms with E-state index < -0.39 is 0 Å². The first-order valence-electron chi connectivity index (χ1n) is 11.4. The molecule has 0 saturated heterocycles. The van der Waals surface area contributed by atoms with Gasteiger partial charge in [0.1, 0.15) is 12.4 Å². The molecule has 0 unspecified atom stereocenters. The highest BCUT2D eigenvalue weighted by Gasteiger charge is 2.07. The fourth-order valence-electron chi connectivity index (χ4n) is 3.49. The fraction of sp³-hybridized carbons (Fsp3) is 0.321. The van der Waals surface area contributed by atoms with Crippen molar-refractivity contribution in [3.8, 4) is 5.75 Å². The molecule has 0 radical (unpaired) electrons. The number of carbonyl (C=O) groups excluding carboxylic acids is 1. The molecule has 0 atom stereocenters. The zero-order valence-electron chi connectivity index (χ0n) is 18.5. The predicted molar refractivity (Wildman–Crippen MR) is 130 cm³/mol. The van der Waals surface area contributed by atoms with Crippen molar-refractivity contribution in [2.45, 2.75) is 51.6 Å². The van der Waals surface area contributed by atoms with E-state index in [0.29, 0.717) is 19.6 Å². The molecule has 3 aromatic rings. The highest BCUT2D eigenvalue weighted by atomic mass is 35.5. The second kappa shape index (κ2) is 13.6. The number of carbonyl (C=O) groups is 1. The molecule has 32 heavy (non-hydrogen) atoms. The van der Waals surface area contributed by atoms with E-state index in [1.165, 1.54) is 5.56 Å². The van der Waals surface area contributed by atoms with Gasteiger partial charge in [-0.3, -0.25) is 4.79 Å². The van der Waals surface area contributed by atoms with Crippen LogP contribution in [0.3, 0.4) is 0 Å². The number of benzene rings is 3. The van der Waals surface area contributed by atoms with Crippen LogP contribution < -0.4 is 4.74 Å². The molecule has 168 valence electrons. The lowest BCUT2D eigenvalue weighted by Crippen LogP contribution is -2.04. The van der Waals surface area contributed by atoms with Crippen LogP contribution in [0.25, 0.3) is 0 Å². The number of unbranched alkanes of at least 4 members (excludes halogenated alkanes) is 2. The molecule has 3 aromatic carbocycles. The number of hydrogen-bond acceptors (Lipinski definition) is 3. The summed E-state index contributed by atoms with van der Waals surface area (Å²) in [4.78, 5) is 11.9. The van der Waals surface area contributed by atoms with Crippen LogP contribution in [-0.4, -0.2) is 12.6 Å². The van der Waals surface area contributed by atoms with Gasteiger partial charge in [-0.1, -0.05) is 72.3 Å². The van der Waals surface area contributed by atoms with Crippen LogP contribution in [0.2, 0.25) is 5.02 Å². The number of esters is 1. The number of aryl methyl sites for hydroxylation is 2. The zero-order chi connectivity index (χ0) is 22.4. The van der Waals surface area contributed by atoms with Crippen LogP contribution in [0.4, 0.5) is 0 Å². The average molecular weight is 451 g/mol. The van der Waals surface area contributed by atoms with Crippen LogP contribution in [-0.2, 0) is 29.0 Å². The van der Waals surface area contributed by atoms with Gasteiger partial charge in [0.2, 0.25) is 0 Å². The molecule has 3 nitrogen and oxygen atoms in total. The summed E-state index contributed by atoms with van der Waals surface area (Å²) in [5, 5.41) is 0.744. The maximum Gasteiger partial charge on any atom is 0.306 e. The summed E-state index contributed by atoms with van der Waals surface area (Å²) in [6.07, 6.45) is 6.07. The largest absolute Gasteiger partial charge is 0.494 e. The Morgan fingerprint density at radius 2 is 1.44 bits per heavy atom. The maximum absolute atomic E-state index is 11.9. The van der Waals surface area contributed by atoms with E-state index in [2.05, 4.69) is 24.3 Å². The molecule has 4 heteroatoms. The molecule has 0 amide bonds. The Morgan fingerprint density at radius 1 is 0.750 bits per heavy atom. The Morgan fingerprint density at radius 3 is 2.19 bits per heavy atom. The quantitative estimate of drug-likeness (QED) is 0.204. The molecule has 0 heterocycles. The smallest absolute Gasteiger partial charge is 0.306 e. The standard InChI is InChI=1S/C28H31ClO3/c29-27-19-18-26(31-20-10-9-13-23-11-3-1-4-12-23)21-25(27)16-7-8-17-28(30)32-22-24-14-5-2-6-15-24/h1-6,11-12,14-15,18-19,21H,7-10,13,16-17,20,22H2. The van der Waals surface area contributed by atoms with E-state index in [0.717, 1.165) is 60.4 Å². The summed E-state index contributed by atoms with van der Waals surface area (Å²) in [7, 11) is 0. The van der Waals surface area contributed by atoms with Gasteiger partial charge in [-0.25, -0.2) is 0 Å². The molecule has 3 rings (SSSR count). The molecule has 0 bridgehead atoms. The second-order valence-electron chi connectivity index (χ2n) is 7.90. The monoisotopic (exact) mass is 450 g/mol. The Kier molecular flexibility index (Phi) is 10.1. The van der Waals surface area contributed by atoms with Gasteiger partial charge >= 0.3 is 5.97 Å². The van der Waals surface area contributed by atoms with Crippen molar-refractivity contribution in [2.24, 2.45) is 0 Å². The van der Waals surface area contributed by atoms with Crippen molar-refractivity contribution >= 4 is 17.6 Å². The minimum atomic E-state index is -0.160. The van der Waals surface area contributed by atoms with Gasteiger partial charge in [0.15, 0.2) is 0 Å². The molecule has 0 spiro atoms. The van der Waals surface area contributed by atoms with Gasteiger partial charge < -0.3 is 9.47 Å². The molecule has 0 saturated carbocycles. The number of ether oxygens (including phenoxy) is 2. The summed E-state index contributed by atoms with van der Waals surface area (Å²) in [6, 6.07) is 26.1. The Bertz CT molecular complexity index is 941. The number of halogens is 1. The summed E-state index contributed by atoms with van der Waals surface area (Å²) in [6.45, 7) is 1.03. The van der Waals surface area contributed by atoms with Crippen LogP contribution in [0.15, 0.2) is 78.9 Å². The average Bonchev–Trinajstić information content (AvgIpc) is 2.83. The maximum atomic E-state index is 11.9. The lowest BCUT2D eigenvalue weighted by Gasteiger charge is -2.10. The molecule has 0 aliphatic rings. The summed E-state index contributed by atoms with van der Waals surface area (Å²) in [5.41, 5.74) is 3.43. The van der Waals surface area contributed by atoms with Crippen molar-refractivity contribution in [3.63, 3.8) is 0 Å². The minimum absolute atomic E-state index is 0.160. The van der Waals surface area contributed by atoms with Gasteiger partial charge in [0.05, 0.1) is 6.61 Å². The van der Waals surface area contributed by atoms with E-state index in [1.54, 1.807) is 0 Å². The highest BCUT2D eigenvalue weighted by Crippen LogP contribution is 2.24. The summed E-state index contributed by atoms with van der Waals surface area (Å²) < 4.78 is 11.3. The summed E-state index contributed by atoms with van der Waals surface area (Å²) >= 11 is 6.36. The molecule has 0 aromatic heterocycles. The molecular weight excluding hydrogens is 420 g/mol. The van der Waals surface area contributed by atoms with Crippen LogP contribution >= 0.6 is 11.6 Å². The Balaban J connectivity index is 1.32. The molecule has 0 fully saturated rings. The van der Waals surface area contributed by atoms with Crippen LogP contribution in [0.1, 0.15) is 48.8 Å². The lowest BCUT2D eigenvalue weighted by molar-refractivity contribution is -0.145. The number of rotatable bonds is 13. The first-order chi connectivity index (χ1) is 15.7. The normalized spacial score (nSPS) is 10.7. The first kappa shape index (κ1) is 23.9. The third-order valence-electron chi connectivity index (χ3n) is 5.31. The van der Waals surface area contributed by atoms with Crippen molar-refractivity contribution in [3.05, 3.63) is 101 Å². The van der Waals surface area contributed by atoms with E-state index >= 15 is 0 Å². The van der Waals surface area contributed by atoms with Gasteiger partial charge in [0.25, 0.3) is 0 Å². The molecule has 0 N–H and O–H groups in total. The molecule has 0 aliphatic heterocycles. The van der Waals surface area contributed by atoms with Gasteiger partial charge in [0, 0.05) is 11.4 Å². The first-order valence-corrected chi connectivity index (χ1v) is 11.7. The lowest BCUT2D eigenvalue weighted by atomic mass is 10.1. The van der Waals surface area contributed by atoms with Crippen LogP contribution in [0.5, 0.6) is 5.75 Å². The third kappa shape index (κ3) is 8.76. The van der Waals surface area contributed by atoms with Crippen molar-refractivity contribution in [1.82, 2.24) is 0 Å². The predicted octanol–water partition coefficient (Wildman–Crippen LogP) is 7.20. The molecular formula is C28H31ClO3. The third-order valence-corrected chi connectivity index (χ3v) is 5.68. The van der Waals surface area contributed by atoms with Gasteiger partial charge in [-0.15, -0.1) is 0 Å². The van der Waals surface area contributed by atoms with Gasteiger partial charge in [-0.05, 0) is 73.4 Å². The summed E-state index contributed by atoms with van der Waals surface area (Å²) in [5.74, 6) is 0.693.